The summed E-state index contributed by atoms with van der Waals surface area (Å²) in [5.74, 6) is -0.445. The second kappa shape index (κ2) is 5.13. The molecule has 0 bridgehead atoms. The molecule has 0 amide bonds. The number of nitrogens with zero attached hydrogens (tertiary/aromatic N) is 3. The summed E-state index contributed by atoms with van der Waals surface area (Å²) in [5, 5.41) is 9.85. The second-order valence-electron chi connectivity index (χ2n) is 4.79. The maximum atomic E-state index is 13.9. The van der Waals surface area contributed by atoms with Crippen molar-refractivity contribution < 1.29 is 13.9 Å². The zero-order chi connectivity index (χ0) is 14.1. The Morgan fingerprint density at radius 3 is 2.85 bits per heavy atom. The molecule has 4 nitrogen and oxygen atoms in total. The van der Waals surface area contributed by atoms with Gasteiger partial charge in [-0.2, -0.15) is 0 Å². The molecular formula is C14H13F2N3O. The Bertz CT molecular complexity index is 609. The maximum absolute atomic E-state index is 13.9. The molecule has 0 unspecified atom stereocenters. The monoisotopic (exact) mass is 277 g/mol. The Hall–Kier alpha value is -2.08. The number of anilines is 1. The third-order valence-corrected chi connectivity index (χ3v) is 3.44. The van der Waals surface area contributed by atoms with Crippen molar-refractivity contribution in [3.8, 4) is 0 Å². The topological polar surface area (TPSA) is 49.2 Å². The minimum absolute atomic E-state index is 0.229. The van der Waals surface area contributed by atoms with Gasteiger partial charge in [0.2, 0.25) is 0 Å². The summed E-state index contributed by atoms with van der Waals surface area (Å²) in [6.07, 6.45) is 4.33. The molecule has 3 rings (SSSR count). The van der Waals surface area contributed by atoms with Crippen LogP contribution in [0.3, 0.4) is 0 Å². The third-order valence-electron chi connectivity index (χ3n) is 3.44. The first-order valence-corrected chi connectivity index (χ1v) is 6.31. The van der Waals surface area contributed by atoms with Crippen molar-refractivity contribution in [1.29, 1.82) is 0 Å². The fraction of sp³-hybridized carbons (Fsp3) is 0.286. The van der Waals surface area contributed by atoms with E-state index in [0.29, 0.717) is 18.8 Å². The lowest BCUT2D eigenvalue weighted by molar-refractivity contribution is 0.194. The van der Waals surface area contributed by atoms with E-state index in [0.717, 1.165) is 12.1 Å². The molecule has 0 aliphatic carbocycles. The summed E-state index contributed by atoms with van der Waals surface area (Å²) in [6.45, 7) is 0.319. The molecule has 0 radical (unpaired) electrons. The van der Waals surface area contributed by atoms with Crippen LogP contribution in [-0.2, 0) is 0 Å². The number of aliphatic hydroxyl groups is 1. The molecule has 0 spiro atoms. The van der Waals surface area contributed by atoms with Gasteiger partial charge in [-0.3, -0.25) is 4.98 Å². The van der Waals surface area contributed by atoms with Gasteiger partial charge in [-0.1, -0.05) is 0 Å². The van der Waals surface area contributed by atoms with Crippen LogP contribution in [0, 0.1) is 11.6 Å². The molecule has 1 aliphatic heterocycles. The van der Waals surface area contributed by atoms with E-state index >= 15 is 0 Å². The van der Waals surface area contributed by atoms with Gasteiger partial charge in [-0.05, 0) is 24.6 Å². The summed E-state index contributed by atoms with van der Waals surface area (Å²) in [7, 11) is 0. The van der Waals surface area contributed by atoms with Crippen LogP contribution < -0.4 is 4.90 Å². The summed E-state index contributed by atoms with van der Waals surface area (Å²) in [6, 6.07) is 2.90. The van der Waals surface area contributed by atoms with E-state index < -0.39 is 23.8 Å². The number of β-amino-alcohol motifs (C(OH)–C–C–N with tert-alkyl or cyclic N) is 1. The Morgan fingerprint density at radius 1 is 1.25 bits per heavy atom. The fourth-order valence-electron chi connectivity index (χ4n) is 2.57. The molecule has 20 heavy (non-hydrogen) atoms. The zero-order valence-electron chi connectivity index (χ0n) is 10.6. The molecule has 6 heteroatoms. The lowest BCUT2D eigenvalue weighted by atomic mass is 10.0. The van der Waals surface area contributed by atoms with Crippen LogP contribution in [0.1, 0.15) is 18.0 Å². The Labute approximate surface area is 114 Å². The number of rotatable bonds is 2. The lowest BCUT2D eigenvalue weighted by Crippen LogP contribution is -2.25. The van der Waals surface area contributed by atoms with Gasteiger partial charge < -0.3 is 10.0 Å². The molecule has 104 valence electrons. The van der Waals surface area contributed by atoms with Crippen LogP contribution in [0.4, 0.5) is 14.6 Å². The lowest BCUT2D eigenvalue weighted by Gasteiger charge is -2.25. The minimum Gasteiger partial charge on any atom is -0.391 e. The van der Waals surface area contributed by atoms with Gasteiger partial charge in [0, 0.05) is 24.5 Å². The van der Waals surface area contributed by atoms with Gasteiger partial charge >= 0.3 is 0 Å². The summed E-state index contributed by atoms with van der Waals surface area (Å²) in [5.41, 5.74) is 0.229. The highest BCUT2D eigenvalue weighted by Crippen LogP contribution is 2.36. The molecule has 2 atom stereocenters. The molecular weight excluding hydrogens is 264 g/mol. The molecule has 0 saturated carbocycles. The first kappa shape index (κ1) is 12.9. The van der Waals surface area contributed by atoms with E-state index in [1.54, 1.807) is 11.1 Å². The highest BCUT2D eigenvalue weighted by atomic mass is 19.1. The SMILES string of the molecule is O[C@@H]1C[C@H](c2cc(F)ccc2F)N(c2cnccn2)C1. The highest BCUT2D eigenvalue weighted by Gasteiger charge is 2.34. The number of hydrogen-bond acceptors (Lipinski definition) is 4. The van der Waals surface area contributed by atoms with Crippen molar-refractivity contribution in [3.05, 3.63) is 54.0 Å². The van der Waals surface area contributed by atoms with Crippen molar-refractivity contribution >= 4 is 5.82 Å². The van der Waals surface area contributed by atoms with Crippen molar-refractivity contribution in [2.45, 2.75) is 18.6 Å². The van der Waals surface area contributed by atoms with Crippen LogP contribution in [-0.4, -0.2) is 27.7 Å². The van der Waals surface area contributed by atoms with E-state index in [1.807, 2.05) is 0 Å². The zero-order valence-corrected chi connectivity index (χ0v) is 10.6. The van der Waals surface area contributed by atoms with E-state index in [-0.39, 0.29) is 5.56 Å². The molecule has 1 saturated heterocycles. The van der Waals surface area contributed by atoms with Crippen LogP contribution in [0.2, 0.25) is 0 Å². The van der Waals surface area contributed by atoms with Gasteiger partial charge in [0.05, 0.1) is 18.3 Å². The van der Waals surface area contributed by atoms with Gasteiger partial charge in [0.15, 0.2) is 0 Å². The van der Waals surface area contributed by atoms with E-state index in [1.165, 1.54) is 18.5 Å². The minimum atomic E-state index is -0.607. The Kier molecular flexibility index (Phi) is 3.31. The van der Waals surface area contributed by atoms with Gasteiger partial charge in [-0.25, -0.2) is 13.8 Å². The van der Waals surface area contributed by atoms with Crippen molar-refractivity contribution in [2.75, 3.05) is 11.4 Å². The smallest absolute Gasteiger partial charge is 0.147 e. The molecule has 1 fully saturated rings. The Morgan fingerprint density at radius 2 is 2.10 bits per heavy atom. The molecule has 2 heterocycles. The number of aromatic nitrogens is 2. The maximum Gasteiger partial charge on any atom is 0.147 e. The van der Waals surface area contributed by atoms with Gasteiger partial charge in [0.25, 0.3) is 0 Å². The van der Waals surface area contributed by atoms with Crippen molar-refractivity contribution in [1.82, 2.24) is 9.97 Å². The third kappa shape index (κ3) is 2.34. The van der Waals surface area contributed by atoms with Crippen LogP contribution >= 0.6 is 0 Å². The molecule has 1 aromatic carbocycles. The number of halogens is 2. The second-order valence-corrected chi connectivity index (χ2v) is 4.79. The summed E-state index contributed by atoms with van der Waals surface area (Å²) >= 11 is 0. The predicted octanol–water partition coefficient (Wildman–Crippen LogP) is 2.07. The van der Waals surface area contributed by atoms with Crippen molar-refractivity contribution in [2.24, 2.45) is 0 Å². The average molecular weight is 277 g/mol. The van der Waals surface area contributed by atoms with E-state index in [2.05, 4.69) is 9.97 Å². The number of aliphatic hydroxyl groups excluding tert-OH is 1. The quantitative estimate of drug-likeness (QED) is 0.913. The number of hydrogen-bond donors (Lipinski definition) is 1. The standard InChI is InChI=1S/C14H13F2N3O/c15-9-1-2-12(16)11(5-9)13-6-10(20)8-19(13)14-7-17-3-4-18-14/h1-5,7,10,13,20H,6,8H2/t10-,13-/m1/s1. The summed E-state index contributed by atoms with van der Waals surface area (Å²) < 4.78 is 27.3. The average Bonchev–Trinajstić information content (AvgIpc) is 2.84. The fourth-order valence-corrected chi connectivity index (χ4v) is 2.57. The van der Waals surface area contributed by atoms with Crippen LogP contribution in [0.5, 0.6) is 0 Å². The number of benzene rings is 1. The predicted molar refractivity (Wildman–Crippen MR) is 69.1 cm³/mol. The van der Waals surface area contributed by atoms with Crippen LogP contribution in [0.15, 0.2) is 36.8 Å². The van der Waals surface area contributed by atoms with E-state index in [4.69, 9.17) is 0 Å². The first-order valence-electron chi connectivity index (χ1n) is 6.31. The van der Waals surface area contributed by atoms with Gasteiger partial charge in [0.1, 0.15) is 17.5 Å². The normalized spacial score (nSPS) is 22.2. The molecule has 1 N–H and O–H groups in total. The molecule has 2 aromatic rings. The molecule has 1 aromatic heterocycles. The Balaban J connectivity index is 2.00. The highest BCUT2D eigenvalue weighted by molar-refractivity contribution is 5.43. The largest absolute Gasteiger partial charge is 0.391 e. The summed E-state index contributed by atoms with van der Waals surface area (Å²) in [4.78, 5) is 9.87. The van der Waals surface area contributed by atoms with Gasteiger partial charge in [-0.15, -0.1) is 0 Å². The molecule has 1 aliphatic rings. The van der Waals surface area contributed by atoms with Crippen LogP contribution in [0.25, 0.3) is 0 Å². The van der Waals surface area contributed by atoms with Crippen molar-refractivity contribution in [3.63, 3.8) is 0 Å². The van der Waals surface area contributed by atoms with E-state index in [9.17, 15) is 13.9 Å². The first-order chi connectivity index (χ1) is 9.65.